The molecule has 3 rings (SSSR count). The lowest BCUT2D eigenvalue weighted by atomic mass is 9.93. The molecule has 1 aromatic heterocycles. The van der Waals surface area contributed by atoms with Gasteiger partial charge in [-0.25, -0.2) is 0 Å². The topological polar surface area (TPSA) is 67.5 Å². The number of amides is 1. The Kier molecular flexibility index (Phi) is 4.26. The van der Waals surface area contributed by atoms with Crippen LogP contribution in [0.25, 0.3) is 0 Å². The number of nitrogens with zero attached hydrogens (tertiary/aromatic N) is 2. The lowest BCUT2D eigenvalue weighted by Crippen LogP contribution is -2.53. The molecule has 3 atom stereocenters. The SMILES string of the molecule is CO[C@@H]1CCC[C@@H]1[C@@H]1COCCN1C(=O)c1cn[nH]c1C. The molecule has 6 heteroatoms. The summed E-state index contributed by atoms with van der Waals surface area (Å²) >= 11 is 0. The number of hydrogen-bond acceptors (Lipinski definition) is 4. The maximum Gasteiger partial charge on any atom is 0.257 e. The van der Waals surface area contributed by atoms with Crippen molar-refractivity contribution >= 4 is 5.91 Å². The Labute approximate surface area is 124 Å². The standard InChI is InChI=1S/C15H23N3O3/c1-10-12(8-16-17-10)15(19)18-6-7-21-9-13(18)11-4-3-5-14(11)20-2/h8,11,13-14H,3-7,9H2,1-2H3,(H,16,17)/t11-,13+,14-/m1/s1. The van der Waals surface area contributed by atoms with Crippen molar-refractivity contribution in [3.05, 3.63) is 17.5 Å². The summed E-state index contributed by atoms with van der Waals surface area (Å²) in [5.41, 5.74) is 1.48. The average Bonchev–Trinajstić information content (AvgIpc) is 3.14. The first-order chi connectivity index (χ1) is 10.2. The van der Waals surface area contributed by atoms with Gasteiger partial charge in [0.05, 0.1) is 37.1 Å². The molecule has 6 nitrogen and oxygen atoms in total. The van der Waals surface area contributed by atoms with Gasteiger partial charge in [-0.1, -0.05) is 6.42 Å². The van der Waals surface area contributed by atoms with E-state index in [2.05, 4.69) is 10.2 Å². The van der Waals surface area contributed by atoms with E-state index in [0.29, 0.717) is 31.2 Å². The first-order valence-electron chi connectivity index (χ1n) is 7.64. The van der Waals surface area contributed by atoms with E-state index < -0.39 is 0 Å². The highest BCUT2D eigenvalue weighted by molar-refractivity contribution is 5.95. The number of carbonyl (C=O) groups excluding carboxylic acids is 1. The fourth-order valence-electron chi connectivity index (χ4n) is 3.64. The van der Waals surface area contributed by atoms with E-state index in [-0.39, 0.29) is 18.1 Å². The summed E-state index contributed by atoms with van der Waals surface area (Å²) in [4.78, 5) is 14.8. The largest absolute Gasteiger partial charge is 0.381 e. The minimum absolute atomic E-state index is 0.0521. The van der Waals surface area contributed by atoms with Gasteiger partial charge in [0, 0.05) is 25.3 Å². The number of H-pyrrole nitrogens is 1. The second-order valence-electron chi connectivity index (χ2n) is 5.92. The number of aromatic nitrogens is 2. The molecule has 0 bridgehead atoms. The van der Waals surface area contributed by atoms with Gasteiger partial charge in [0.2, 0.25) is 0 Å². The molecule has 2 heterocycles. The summed E-state index contributed by atoms with van der Waals surface area (Å²) in [6.07, 6.45) is 5.18. The molecule has 0 spiro atoms. The zero-order valence-electron chi connectivity index (χ0n) is 12.7. The molecule has 0 aromatic carbocycles. The zero-order chi connectivity index (χ0) is 14.8. The molecule has 0 radical (unpaired) electrons. The fraction of sp³-hybridized carbons (Fsp3) is 0.733. The Morgan fingerprint density at radius 2 is 2.38 bits per heavy atom. The Morgan fingerprint density at radius 1 is 1.52 bits per heavy atom. The normalized spacial score (nSPS) is 29.8. The van der Waals surface area contributed by atoms with Crippen LogP contribution in [0.15, 0.2) is 6.20 Å². The Morgan fingerprint density at radius 3 is 3.10 bits per heavy atom. The molecule has 116 valence electrons. The highest BCUT2D eigenvalue weighted by atomic mass is 16.5. The highest BCUT2D eigenvalue weighted by Gasteiger charge is 2.40. The van der Waals surface area contributed by atoms with E-state index in [4.69, 9.17) is 9.47 Å². The minimum atomic E-state index is 0.0521. The van der Waals surface area contributed by atoms with Crippen LogP contribution < -0.4 is 0 Å². The molecule has 1 aliphatic carbocycles. The highest BCUT2D eigenvalue weighted by Crippen LogP contribution is 2.34. The Hall–Kier alpha value is -1.40. The van der Waals surface area contributed by atoms with Crippen LogP contribution in [-0.4, -0.2) is 60.0 Å². The smallest absolute Gasteiger partial charge is 0.257 e. The maximum atomic E-state index is 12.8. The van der Waals surface area contributed by atoms with Crippen LogP contribution in [0.1, 0.15) is 35.3 Å². The second kappa shape index (κ2) is 6.15. The number of ether oxygens (including phenoxy) is 2. The lowest BCUT2D eigenvalue weighted by Gasteiger charge is -2.40. The van der Waals surface area contributed by atoms with Crippen molar-refractivity contribution in [3.8, 4) is 0 Å². The number of aromatic amines is 1. The van der Waals surface area contributed by atoms with E-state index in [1.807, 2.05) is 11.8 Å². The third kappa shape index (κ3) is 2.70. The lowest BCUT2D eigenvalue weighted by molar-refractivity contribution is -0.0460. The molecule has 1 N–H and O–H groups in total. The van der Waals surface area contributed by atoms with Gasteiger partial charge in [-0.15, -0.1) is 0 Å². The minimum Gasteiger partial charge on any atom is -0.381 e. The number of aryl methyl sites for hydroxylation is 1. The molecular weight excluding hydrogens is 270 g/mol. The summed E-state index contributed by atoms with van der Waals surface area (Å²) in [7, 11) is 1.76. The number of methoxy groups -OCH3 is 1. The quantitative estimate of drug-likeness (QED) is 0.914. The molecule has 21 heavy (non-hydrogen) atoms. The third-order valence-electron chi connectivity index (χ3n) is 4.79. The summed E-state index contributed by atoms with van der Waals surface area (Å²) in [6.45, 7) is 3.72. The van der Waals surface area contributed by atoms with E-state index in [1.165, 1.54) is 0 Å². The molecule has 1 saturated heterocycles. The zero-order valence-corrected chi connectivity index (χ0v) is 12.7. The predicted octanol–water partition coefficient (Wildman–Crippen LogP) is 1.37. The molecule has 1 saturated carbocycles. The van der Waals surface area contributed by atoms with Crippen molar-refractivity contribution < 1.29 is 14.3 Å². The Bertz CT molecular complexity index is 502. The molecule has 2 fully saturated rings. The van der Waals surface area contributed by atoms with Crippen LogP contribution in [0, 0.1) is 12.8 Å². The van der Waals surface area contributed by atoms with Crippen molar-refractivity contribution in [2.75, 3.05) is 26.9 Å². The summed E-state index contributed by atoms with van der Waals surface area (Å²) < 4.78 is 11.2. The summed E-state index contributed by atoms with van der Waals surface area (Å²) in [5.74, 6) is 0.419. The third-order valence-corrected chi connectivity index (χ3v) is 4.79. The number of carbonyl (C=O) groups is 1. The first kappa shape index (κ1) is 14.5. The molecule has 1 aromatic rings. The average molecular weight is 293 g/mol. The first-order valence-corrected chi connectivity index (χ1v) is 7.64. The van der Waals surface area contributed by atoms with Crippen molar-refractivity contribution in [1.29, 1.82) is 0 Å². The van der Waals surface area contributed by atoms with Crippen molar-refractivity contribution in [1.82, 2.24) is 15.1 Å². The monoisotopic (exact) mass is 293 g/mol. The van der Waals surface area contributed by atoms with Crippen molar-refractivity contribution in [2.24, 2.45) is 5.92 Å². The predicted molar refractivity (Wildman–Crippen MR) is 77.1 cm³/mol. The number of morpholine rings is 1. The molecular formula is C15H23N3O3. The van der Waals surface area contributed by atoms with Gasteiger partial charge in [0.15, 0.2) is 0 Å². The summed E-state index contributed by atoms with van der Waals surface area (Å²) in [5, 5.41) is 6.80. The van der Waals surface area contributed by atoms with Gasteiger partial charge in [0.1, 0.15) is 0 Å². The molecule has 1 aliphatic heterocycles. The number of hydrogen-bond donors (Lipinski definition) is 1. The maximum absolute atomic E-state index is 12.8. The van der Waals surface area contributed by atoms with E-state index in [1.54, 1.807) is 13.3 Å². The number of nitrogens with one attached hydrogen (secondary N) is 1. The van der Waals surface area contributed by atoms with Crippen LogP contribution in [0.4, 0.5) is 0 Å². The Balaban J connectivity index is 1.81. The van der Waals surface area contributed by atoms with Crippen LogP contribution in [-0.2, 0) is 9.47 Å². The van der Waals surface area contributed by atoms with Crippen LogP contribution in [0.2, 0.25) is 0 Å². The van der Waals surface area contributed by atoms with Crippen molar-refractivity contribution in [3.63, 3.8) is 0 Å². The van der Waals surface area contributed by atoms with Gasteiger partial charge < -0.3 is 14.4 Å². The number of rotatable bonds is 3. The molecule has 2 aliphatic rings. The summed E-state index contributed by atoms with van der Waals surface area (Å²) in [6, 6.07) is 0.105. The molecule has 0 unspecified atom stereocenters. The second-order valence-corrected chi connectivity index (χ2v) is 5.92. The fourth-order valence-corrected chi connectivity index (χ4v) is 3.64. The van der Waals surface area contributed by atoms with Gasteiger partial charge in [0.25, 0.3) is 5.91 Å². The van der Waals surface area contributed by atoms with Gasteiger partial charge in [-0.3, -0.25) is 9.89 Å². The molecule has 1 amide bonds. The van der Waals surface area contributed by atoms with Crippen molar-refractivity contribution in [2.45, 2.75) is 38.3 Å². The van der Waals surface area contributed by atoms with E-state index in [9.17, 15) is 4.79 Å². The van der Waals surface area contributed by atoms with Crippen LogP contribution >= 0.6 is 0 Å². The van der Waals surface area contributed by atoms with Crippen LogP contribution in [0.3, 0.4) is 0 Å². The van der Waals surface area contributed by atoms with E-state index in [0.717, 1.165) is 25.0 Å². The van der Waals surface area contributed by atoms with Gasteiger partial charge >= 0.3 is 0 Å². The van der Waals surface area contributed by atoms with E-state index >= 15 is 0 Å². The van der Waals surface area contributed by atoms with Gasteiger partial charge in [-0.2, -0.15) is 5.10 Å². The van der Waals surface area contributed by atoms with Gasteiger partial charge in [-0.05, 0) is 19.8 Å². The van der Waals surface area contributed by atoms with Crippen LogP contribution in [0.5, 0.6) is 0 Å².